The van der Waals surface area contributed by atoms with E-state index in [4.69, 9.17) is 18.9 Å². The van der Waals surface area contributed by atoms with Crippen LogP contribution in [-0.2, 0) is 4.57 Å². The second-order valence-corrected chi connectivity index (χ2v) is 15.1. The molecule has 12 nitrogen and oxygen atoms in total. The second-order valence-electron chi connectivity index (χ2n) is 11.7. The minimum absolute atomic E-state index is 0.00877. The number of benzene rings is 2. The third-order valence-electron chi connectivity index (χ3n) is 8.94. The van der Waals surface area contributed by atoms with Crippen molar-refractivity contribution in [3.05, 3.63) is 35.4 Å². The third kappa shape index (κ3) is 6.31. The molecule has 2 aromatic carbocycles. The maximum absolute atomic E-state index is 13.8. The molecule has 0 radical (unpaired) electrons. The Balaban J connectivity index is 1.11. The number of carbonyl (C=O) groups excluding carboxylic acids is 2. The molecule has 0 bridgehead atoms. The largest absolute Gasteiger partial charge is 0.493 e. The molecule has 2 fully saturated rings. The van der Waals surface area contributed by atoms with Crippen molar-refractivity contribution in [2.45, 2.75) is 37.8 Å². The van der Waals surface area contributed by atoms with Gasteiger partial charge in [0.25, 0.3) is 11.8 Å². The number of ether oxygens (including phenoxy) is 4. The zero-order valence-electron chi connectivity index (χ0n) is 25.6. The van der Waals surface area contributed by atoms with Gasteiger partial charge in [0.05, 0.1) is 69.2 Å². The molecule has 0 saturated carbocycles. The van der Waals surface area contributed by atoms with Crippen LogP contribution < -0.4 is 18.9 Å². The van der Waals surface area contributed by atoms with E-state index in [1.165, 1.54) is 14.2 Å². The number of amides is 2. The molecule has 13 heteroatoms. The first-order chi connectivity index (χ1) is 21.8. The van der Waals surface area contributed by atoms with Crippen LogP contribution >= 0.6 is 7.14 Å². The molecule has 0 aliphatic carbocycles. The zero-order valence-corrected chi connectivity index (χ0v) is 26.5. The first kappa shape index (κ1) is 31.1. The standard InChI is InChI=1S/C32H39N4O8P/c1-41-27-15-23-25(33-19-21-5-3-7-35(21)31(23)38)17-29(27)43-10-13-45(40,12-9-37)14-11-44-30-18-26-24(16-28(30)42-2)32(39)36-8-4-6-22(36)20-34-26/h15-22,37H,3-14H2,1-2H3/t21-,22-/m0/s1. The molecule has 2 amide bonds. The summed E-state index contributed by atoms with van der Waals surface area (Å²) in [5.74, 6) is 1.44. The molecule has 2 saturated heterocycles. The van der Waals surface area contributed by atoms with Crippen LogP contribution in [0, 0.1) is 0 Å². The fourth-order valence-electron chi connectivity index (χ4n) is 6.40. The number of rotatable bonds is 12. The van der Waals surface area contributed by atoms with Crippen molar-refractivity contribution < 1.29 is 38.2 Å². The van der Waals surface area contributed by atoms with Gasteiger partial charge >= 0.3 is 0 Å². The third-order valence-corrected chi connectivity index (χ3v) is 11.9. The van der Waals surface area contributed by atoms with E-state index in [1.807, 2.05) is 22.2 Å². The van der Waals surface area contributed by atoms with Crippen LogP contribution in [0.3, 0.4) is 0 Å². The highest BCUT2D eigenvalue weighted by Gasteiger charge is 2.34. The molecular formula is C32H39N4O8P. The molecular weight excluding hydrogens is 599 g/mol. The Kier molecular flexibility index (Phi) is 9.14. The summed E-state index contributed by atoms with van der Waals surface area (Å²) in [6.07, 6.45) is 7.83. The molecule has 4 aliphatic heterocycles. The number of fused-ring (bicyclic) bond motifs is 4. The number of hydrogen-bond acceptors (Lipinski definition) is 10. The van der Waals surface area contributed by atoms with Crippen LogP contribution in [0.4, 0.5) is 11.4 Å². The Morgan fingerprint density at radius 1 is 0.756 bits per heavy atom. The van der Waals surface area contributed by atoms with E-state index in [0.29, 0.717) is 58.6 Å². The van der Waals surface area contributed by atoms with Crippen LogP contribution in [0.25, 0.3) is 0 Å². The van der Waals surface area contributed by atoms with E-state index in [9.17, 15) is 19.3 Å². The summed E-state index contributed by atoms with van der Waals surface area (Å²) in [6, 6.07) is 6.67. The van der Waals surface area contributed by atoms with Gasteiger partial charge in [-0.1, -0.05) is 0 Å². The molecule has 0 spiro atoms. The lowest BCUT2D eigenvalue weighted by atomic mass is 10.1. The molecule has 45 heavy (non-hydrogen) atoms. The molecule has 4 aliphatic rings. The number of nitrogens with zero attached hydrogens (tertiary/aromatic N) is 4. The van der Waals surface area contributed by atoms with Gasteiger partial charge in [-0.2, -0.15) is 0 Å². The first-order valence-electron chi connectivity index (χ1n) is 15.4. The lowest BCUT2D eigenvalue weighted by molar-refractivity contribution is 0.0766. The van der Waals surface area contributed by atoms with Crippen molar-refractivity contribution in [2.75, 3.05) is 65.6 Å². The second kappa shape index (κ2) is 13.2. The van der Waals surface area contributed by atoms with Gasteiger partial charge in [-0.25, -0.2) is 0 Å². The van der Waals surface area contributed by atoms with Crippen molar-refractivity contribution >= 4 is 42.8 Å². The normalized spacial score (nSPS) is 20.2. The minimum Gasteiger partial charge on any atom is -0.493 e. The van der Waals surface area contributed by atoms with E-state index in [0.717, 1.165) is 25.7 Å². The Hall–Kier alpha value is -3.89. The molecule has 0 unspecified atom stereocenters. The summed E-state index contributed by atoms with van der Waals surface area (Å²) in [6.45, 7) is 1.38. The van der Waals surface area contributed by atoms with Crippen molar-refractivity contribution in [3.8, 4) is 23.0 Å². The molecule has 1 N–H and O–H groups in total. The number of carbonyl (C=O) groups is 2. The monoisotopic (exact) mass is 638 g/mol. The fraction of sp³-hybridized carbons (Fsp3) is 0.500. The summed E-state index contributed by atoms with van der Waals surface area (Å²) >= 11 is 0. The summed E-state index contributed by atoms with van der Waals surface area (Å²) in [5.41, 5.74) is 1.95. The quantitative estimate of drug-likeness (QED) is 0.342. The Morgan fingerprint density at radius 2 is 1.22 bits per heavy atom. The number of methoxy groups -OCH3 is 2. The fourth-order valence-corrected chi connectivity index (χ4v) is 8.29. The van der Waals surface area contributed by atoms with E-state index in [-0.39, 0.29) is 62.2 Å². The van der Waals surface area contributed by atoms with E-state index < -0.39 is 7.14 Å². The molecule has 0 aromatic heterocycles. The van der Waals surface area contributed by atoms with Gasteiger partial charge in [-0.15, -0.1) is 0 Å². The van der Waals surface area contributed by atoms with Crippen LogP contribution in [0.5, 0.6) is 23.0 Å². The Morgan fingerprint density at radius 3 is 1.64 bits per heavy atom. The average Bonchev–Trinajstić information content (AvgIpc) is 3.67. The van der Waals surface area contributed by atoms with Gasteiger partial charge in [0, 0.05) is 62.7 Å². The highest BCUT2D eigenvalue weighted by molar-refractivity contribution is 7.64. The molecule has 2 atom stereocenters. The summed E-state index contributed by atoms with van der Waals surface area (Å²) in [4.78, 5) is 39.1. The van der Waals surface area contributed by atoms with Gasteiger partial charge in [-0.3, -0.25) is 19.6 Å². The Bertz CT molecular complexity index is 1470. The zero-order chi connectivity index (χ0) is 31.6. The van der Waals surface area contributed by atoms with Crippen LogP contribution in [0.2, 0.25) is 0 Å². The van der Waals surface area contributed by atoms with Crippen LogP contribution in [0.1, 0.15) is 46.4 Å². The molecule has 240 valence electrons. The van der Waals surface area contributed by atoms with E-state index >= 15 is 0 Å². The van der Waals surface area contributed by atoms with Gasteiger partial charge in [0.1, 0.15) is 0 Å². The topological polar surface area (TPSA) is 140 Å². The summed E-state index contributed by atoms with van der Waals surface area (Å²) < 4.78 is 37.0. The van der Waals surface area contributed by atoms with Crippen molar-refractivity contribution in [1.29, 1.82) is 0 Å². The number of aliphatic imine (C=N–C) groups is 2. The van der Waals surface area contributed by atoms with E-state index in [2.05, 4.69) is 9.98 Å². The lowest BCUT2D eigenvalue weighted by Gasteiger charge is -2.21. The number of aliphatic hydroxyl groups is 1. The highest BCUT2D eigenvalue weighted by atomic mass is 31.2. The SMILES string of the molecule is COc1cc2c(cc1OCCP(=O)(CCO)CCOc1cc3c(cc1OC)C(=O)N1CCC[C@H]1C=N3)N=C[C@@H]1CCCN1C2=O. The van der Waals surface area contributed by atoms with Gasteiger partial charge in [0.2, 0.25) is 0 Å². The smallest absolute Gasteiger partial charge is 0.256 e. The van der Waals surface area contributed by atoms with Crippen molar-refractivity contribution in [3.63, 3.8) is 0 Å². The van der Waals surface area contributed by atoms with Crippen molar-refractivity contribution in [2.24, 2.45) is 9.98 Å². The lowest BCUT2D eigenvalue weighted by Crippen LogP contribution is -2.35. The van der Waals surface area contributed by atoms with Crippen LogP contribution in [0.15, 0.2) is 34.3 Å². The van der Waals surface area contributed by atoms with Crippen LogP contribution in [-0.4, -0.2) is 117 Å². The maximum atomic E-state index is 13.8. The van der Waals surface area contributed by atoms with Gasteiger partial charge < -0.3 is 38.4 Å². The molecule has 2 aromatic rings. The molecule has 4 heterocycles. The summed E-state index contributed by atoms with van der Waals surface area (Å²) in [7, 11) is 0.106. The minimum atomic E-state index is -2.91. The van der Waals surface area contributed by atoms with Gasteiger partial charge in [0.15, 0.2) is 23.0 Å². The highest BCUT2D eigenvalue weighted by Crippen LogP contribution is 2.46. The maximum Gasteiger partial charge on any atom is 0.256 e. The summed E-state index contributed by atoms with van der Waals surface area (Å²) in [5, 5.41) is 9.71. The van der Waals surface area contributed by atoms with E-state index in [1.54, 1.807) is 24.3 Å². The predicted molar refractivity (Wildman–Crippen MR) is 171 cm³/mol. The average molecular weight is 639 g/mol. The first-order valence-corrected chi connectivity index (χ1v) is 17.7. The van der Waals surface area contributed by atoms with Gasteiger partial charge in [-0.05, 0) is 37.8 Å². The van der Waals surface area contributed by atoms with Crippen molar-refractivity contribution in [1.82, 2.24) is 9.80 Å². The predicted octanol–water partition coefficient (Wildman–Crippen LogP) is 4.16. The number of hydrogen-bond donors (Lipinski definition) is 1. The number of aliphatic hydroxyl groups excluding tert-OH is 1. The molecule has 6 rings (SSSR count). The Labute approximate surface area is 262 Å².